The van der Waals surface area contributed by atoms with Crippen molar-refractivity contribution >= 4 is 0 Å². The van der Waals surface area contributed by atoms with Crippen LogP contribution in [0.3, 0.4) is 0 Å². The predicted octanol–water partition coefficient (Wildman–Crippen LogP) is 3.77. The summed E-state index contributed by atoms with van der Waals surface area (Å²) in [5.41, 5.74) is 9.60. The van der Waals surface area contributed by atoms with Crippen LogP contribution in [0.2, 0.25) is 0 Å². The normalized spacial score (nSPS) is 13.9. The molecule has 2 N–H and O–H groups in total. The molecule has 0 saturated carbocycles. The number of hydrogen-bond donors (Lipinski definition) is 1. The second kappa shape index (κ2) is 5.89. The Morgan fingerprint density at radius 3 is 2.21 bits per heavy atom. The van der Waals surface area contributed by atoms with Gasteiger partial charge >= 0.3 is 0 Å². The lowest BCUT2D eigenvalue weighted by Crippen LogP contribution is -2.29. The van der Waals surface area contributed by atoms with Gasteiger partial charge < -0.3 is 10.5 Å². The highest BCUT2D eigenvalue weighted by Gasteiger charge is 2.18. The van der Waals surface area contributed by atoms with Crippen molar-refractivity contribution in [2.75, 3.05) is 0 Å². The summed E-state index contributed by atoms with van der Waals surface area (Å²) in [5, 5.41) is 0. The van der Waals surface area contributed by atoms with E-state index in [2.05, 4.69) is 44.2 Å². The molecule has 0 aromatic heterocycles. The van der Waals surface area contributed by atoms with Crippen LogP contribution in [0.5, 0.6) is 5.75 Å². The molecule has 0 bridgehead atoms. The van der Waals surface area contributed by atoms with E-state index in [1.54, 1.807) is 0 Å². The molecule has 2 heteroatoms. The van der Waals surface area contributed by atoms with Crippen LogP contribution in [0.1, 0.15) is 29.7 Å². The van der Waals surface area contributed by atoms with Crippen molar-refractivity contribution in [3.8, 4) is 5.75 Å². The van der Waals surface area contributed by atoms with Gasteiger partial charge in [0.2, 0.25) is 0 Å². The molecule has 0 radical (unpaired) electrons. The van der Waals surface area contributed by atoms with Gasteiger partial charge in [0, 0.05) is 6.04 Å². The minimum absolute atomic E-state index is 0.0665. The lowest BCUT2D eigenvalue weighted by Gasteiger charge is -2.23. The number of ether oxygens (including phenoxy) is 1. The van der Waals surface area contributed by atoms with E-state index >= 15 is 0 Å². The minimum atomic E-state index is -0.123. The Morgan fingerprint density at radius 1 is 0.947 bits per heavy atom. The van der Waals surface area contributed by atoms with E-state index in [4.69, 9.17) is 10.5 Å². The van der Waals surface area contributed by atoms with Gasteiger partial charge in [-0.3, -0.25) is 0 Å². The average molecular weight is 255 g/mol. The molecular formula is C17H21NO. The summed E-state index contributed by atoms with van der Waals surface area (Å²) in [6, 6.07) is 16.3. The van der Waals surface area contributed by atoms with Crippen LogP contribution in [0.4, 0.5) is 0 Å². The fourth-order valence-electron chi connectivity index (χ4n) is 2.07. The van der Waals surface area contributed by atoms with Gasteiger partial charge in [-0.25, -0.2) is 0 Å². The summed E-state index contributed by atoms with van der Waals surface area (Å²) in [5.74, 6) is 0.864. The number of hydrogen-bond acceptors (Lipinski definition) is 2. The molecule has 2 rings (SSSR count). The quantitative estimate of drug-likeness (QED) is 0.902. The molecule has 0 spiro atoms. The van der Waals surface area contributed by atoms with Gasteiger partial charge in [0.1, 0.15) is 11.9 Å². The fraction of sp³-hybridized carbons (Fsp3) is 0.294. The van der Waals surface area contributed by atoms with Crippen molar-refractivity contribution in [3.05, 3.63) is 65.2 Å². The van der Waals surface area contributed by atoms with E-state index in [0.29, 0.717) is 0 Å². The van der Waals surface area contributed by atoms with Crippen molar-refractivity contribution in [1.29, 1.82) is 0 Å². The Hall–Kier alpha value is -1.80. The third kappa shape index (κ3) is 3.58. The van der Waals surface area contributed by atoms with Crippen molar-refractivity contribution in [1.82, 2.24) is 0 Å². The van der Waals surface area contributed by atoms with E-state index in [9.17, 15) is 0 Å². The number of rotatable bonds is 4. The molecular weight excluding hydrogens is 234 g/mol. The van der Waals surface area contributed by atoms with E-state index in [0.717, 1.165) is 11.3 Å². The lowest BCUT2D eigenvalue weighted by atomic mass is 10.0. The van der Waals surface area contributed by atoms with Gasteiger partial charge in [0.25, 0.3) is 0 Å². The molecule has 2 unspecified atom stereocenters. The lowest BCUT2D eigenvalue weighted by molar-refractivity contribution is 0.180. The van der Waals surface area contributed by atoms with Crippen LogP contribution in [-0.4, -0.2) is 6.04 Å². The second-order valence-corrected chi connectivity index (χ2v) is 5.12. The van der Waals surface area contributed by atoms with Crippen LogP contribution in [0, 0.1) is 13.8 Å². The summed E-state index contributed by atoms with van der Waals surface area (Å²) < 4.78 is 6.06. The maximum atomic E-state index is 6.07. The van der Waals surface area contributed by atoms with Gasteiger partial charge in [0.15, 0.2) is 0 Å². The third-order valence-corrected chi connectivity index (χ3v) is 3.14. The zero-order chi connectivity index (χ0) is 13.8. The van der Waals surface area contributed by atoms with Gasteiger partial charge in [0.05, 0.1) is 0 Å². The van der Waals surface area contributed by atoms with Crippen LogP contribution < -0.4 is 10.5 Å². The van der Waals surface area contributed by atoms with Crippen molar-refractivity contribution < 1.29 is 4.74 Å². The van der Waals surface area contributed by atoms with Crippen molar-refractivity contribution in [2.45, 2.75) is 32.9 Å². The number of benzene rings is 2. The van der Waals surface area contributed by atoms with Gasteiger partial charge in [-0.05, 0) is 44.0 Å². The molecule has 0 saturated heterocycles. The molecule has 2 atom stereocenters. The highest BCUT2D eigenvalue weighted by atomic mass is 16.5. The Balaban J connectivity index is 2.23. The maximum Gasteiger partial charge on any atom is 0.138 e. The smallest absolute Gasteiger partial charge is 0.138 e. The van der Waals surface area contributed by atoms with E-state index in [1.165, 1.54) is 11.1 Å². The molecule has 19 heavy (non-hydrogen) atoms. The Kier molecular flexibility index (Phi) is 4.23. The van der Waals surface area contributed by atoms with E-state index in [-0.39, 0.29) is 12.1 Å². The summed E-state index contributed by atoms with van der Waals surface area (Å²) in [4.78, 5) is 0. The molecule has 0 aliphatic heterocycles. The largest absolute Gasteiger partial charge is 0.484 e. The first-order chi connectivity index (χ1) is 9.06. The average Bonchev–Trinajstić information content (AvgIpc) is 2.37. The minimum Gasteiger partial charge on any atom is -0.484 e. The highest BCUT2D eigenvalue weighted by Crippen LogP contribution is 2.25. The summed E-state index contributed by atoms with van der Waals surface area (Å²) in [6.45, 7) is 6.10. The number of nitrogens with two attached hydrogens (primary N) is 1. The van der Waals surface area contributed by atoms with Crippen LogP contribution in [0.15, 0.2) is 48.5 Å². The molecule has 100 valence electrons. The molecule has 0 aliphatic rings. The van der Waals surface area contributed by atoms with Crippen LogP contribution >= 0.6 is 0 Å². The first kappa shape index (κ1) is 13.6. The van der Waals surface area contributed by atoms with Crippen molar-refractivity contribution in [2.24, 2.45) is 5.73 Å². The summed E-state index contributed by atoms with van der Waals surface area (Å²) >= 11 is 0. The zero-order valence-electron chi connectivity index (χ0n) is 11.8. The molecule has 2 nitrogen and oxygen atoms in total. The Morgan fingerprint density at radius 2 is 1.63 bits per heavy atom. The first-order valence-electron chi connectivity index (χ1n) is 6.62. The van der Waals surface area contributed by atoms with E-state index < -0.39 is 0 Å². The first-order valence-corrected chi connectivity index (χ1v) is 6.62. The monoisotopic (exact) mass is 255 g/mol. The standard InChI is InChI=1S/C17H21NO/c1-12-7-9-15(10-8-12)17(14(3)18)19-16-6-4-5-13(2)11-16/h4-11,14,17H,18H2,1-3H3. The third-order valence-electron chi connectivity index (χ3n) is 3.14. The predicted molar refractivity (Wildman–Crippen MR) is 79.4 cm³/mol. The fourth-order valence-corrected chi connectivity index (χ4v) is 2.07. The van der Waals surface area contributed by atoms with Gasteiger partial charge in [-0.2, -0.15) is 0 Å². The highest BCUT2D eigenvalue weighted by molar-refractivity contribution is 5.30. The second-order valence-electron chi connectivity index (χ2n) is 5.12. The molecule has 2 aromatic rings. The SMILES string of the molecule is Cc1ccc(C(Oc2cccc(C)c2)C(C)N)cc1. The molecule has 0 fully saturated rings. The van der Waals surface area contributed by atoms with Crippen LogP contribution in [-0.2, 0) is 0 Å². The Bertz CT molecular complexity index is 531. The van der Waals surface area contributed by atoms with Gasteiger partial charge in [-0.1, -0.05) is 42.0 Å². The Labute approximate surface area is 115 Å². The van der Waals surface area contributed by atoms with Crippen molar-refractivity contribution in [3.63, 3.8) is 0 Å². The summed E-state index contributed by atoms with van der Waals surface area (Å²) in [6.07, 6.45) is -0.123. The van der Waals surface area contributed by atoms with Crippen LogP contribution in [0.25, 0.3) is 0 Å². The molecule has 0 aliphatic carbocycles. The topological polar surface area (TPSA) is 35.2 Å². The maximum absolute atomic E-state index is 6.07. The van der Waals surface area contributed by atoms with E-state index in [1.807, 2.05) is 25.1 Å². The zero-order valence-corrected chi connectivity index (χ0v) is 11.8. The number of aryl methyl sites for hydroxylation is 2. The molecule has 2 aromatic carbocycles. The molecule has 0 amide bonds. The van der Waals surface area contributed by atoms with Gasteiger partial charge in [-0.15, -0.1) is 0 Å². The molecule has 0 heterocycles. The summed E-state index contributed by atoms with van der Waals surface area (Å²) in [7, 11) is 0.